The van der Waals surface area contributed by atoms with Crippen molar-refractivity contribution in [1.29, 1.82) is 0 Å². The summed E-state index contributed by atoms with van der Waals surface area (Å²) in [4.78, 5) is 19.2. The fraction of sp³-hybridized carbons (Fsp3) is 0.158. The topological polar surface area (TPSA) is 83.8 Å². The molecule has 0 aliphatic rings. The highest BCUT2D eigenvalue weighted by Crippen LogP contribution is 2.17. The van der Waals surface area contributed by atoms with Crippen LogP contribution in [-0.4, -0.2) is 21.9 Å². The minimum Gasteiger partial charge on any atom is -0.384 e. The predicted molar refractivity (Wildman–Crippen MR) is 97.2 cm³/mol. The van der Waals surface area contributed by atoms with Crippen LogP contribution in [0, 0.1) is 5.82 Å². The molecule has 0 radical (unpaired) electrons. The second-order valence-electron chi connectivity index (χ2n) is 5.99. The molecule has 0 bridgehead atoms. The van der Waals surface area contributed by atoms with Crippen LogP contribution in [0.3, 0.4) is 0 Å². The summed E-state index contributed by atoms with van der Waals surface area (Å²) in [6.07, 6.45) is 5.37. The monoisotopic (exact) mass is 338 g/mol. The molecule has 0 saturated carbocycles. The molecule has 4 N–H and O–H groups in total. The van der Waals surface area contributed by atoms with E-state index in [2.05, 4.69) is 15.3 Å². The lowest BCUT2D eigenvalue weighted by Gasteiger charge is -2.11. The lowest BCUT2D eigenvalue weighted by molar-refractivity contribution is -0.117. The zero-order valence-corrected chi connectivity index (χ0v) is 13.8. The maximum absolute atomic E-state index is 13.2. The first-order valence-corrected chi connectivity index (χ1v) is 7.97. The molecular weight excluding hydrogens is 319 g/mol. The lowest BCUT2D eigenvalue weighted by atomic mass is 10.1. The molecule has 2 heterocycles. The average Bonchev–Trinajstić information content (AvgIpc) is 2.95. The van der Waals surface area contributed by atoms with Crippen molar-refractivity contribution in [1.82, 2.24) is 15.3 Å². The number of nitrogens with two attached hydrogens (primary N) is 1. The highest BCUT2D eigenvalue weighted by molar-refractivity contribution is 5.91. The van der Waals surface area contributed by atoms with E-state index in [1.807, 2.05) is 13.0 Å². The van der Waals surface area contributed by atoms with E-state index >= 15 is 0 Å². The number of nitrogen functional groups attached to an aromatic ring is 1. The molecule has 2 aromatic heterocycles. The van der Waals surface area contributed by atoms with Crippen LogP contribution in [0.25, 0.3) is 17.0 Å². The number of aromatic nitrogens is 2. The number of hydrogen-bond donors (Lipinski definition) is 3. The van der Waals surface area contributed by atoms with Crippen molar-refractivity contribution < 1.29 is 9.18 Å². The summed E-state index contributed by atoms with van der Waals surface area (Å²) in [5.74, 6) is -0.0124. The normalized spacial score (nSPS) is 12.6. The molecule has 1 amide bonds. The number of aromatic amines is 1. The lowest BCUT2D eigenvalue weighted by Crippen LogP contribution is -2.32. The summed E-state index contributed by atoms with van der Waals surface area (Å²) >= 11 is 0. The maximum atomic E-state index is 13.2. The first-order valence-electron chi connectivity index (χ1n) is 7.97. The van der Waals surface area contributed by atoms with Crippen molar-refractivity contribution in [3.63, 3.8) is 0 Å². The van der Waals surface area contributed by atoms with Crippen LogP contribution in [0.15, 0.2) is 48.7 Å². The van der Waals surface area contributed by atoms with E-state index in [1.165, 1.54) is 18.2 Å². The SMILES string of the molecule is CC(Cc1cc2cc(F)ccc2[nH]1)NC(=O)C=Cc1ccc(N)nc1. The van der Waals surface area contributed by atoms with Crippen molar-refractivity contribution >= 4 is 28.7 Å². The van der Waals surface area contributed by atoms with Gasteiger partial charge in [0.2, 0.25) is 5.91 Å². The third-order valence-electron chi connectivity index (χ3n) is 3.79. The molecule has 1 unspecified atom stereocenters. The van der Waals surface area contributed by atoms with Crippen molar-refractivity contribution in [2.75, 3.05) is 5.73 Å². The van der Waals surface area contributed by atoms with Gasteiger partial charge in [0.25, 0.3) is 0 Å². The van der Waals surface area contributed by atoms with E-state index in [0.29, 0.717) is 12.2 Å². The molecule has 3 rings (SSSR count). The van der Waals surface area contributed by atoms with Gasteiger partial charge in [0.15, 0.2) is 0 Å². The summed E-state index contributed by atoms with van der Waals surface area (Å²) in [6, 6.07) is 9.92. The Kier molecular flexibility index (Phi) is 4.79. The average molecular weight is 338 g/mol. The van der Waals surface area contributed by atoms with Crippen molar-refractivity contribution in [2.45, 2.75) is 19.4 Å². The molecule has 5 nitrogen and oxygen atoms in total. The fourth-order valence-electron chi connectivity index (χ4n) is 2.63. The van der Waals surface area contributed by atoms with E-state index < -0.39 is 0 Å². The van der Waals surface area contributed by atoms with Crippen LogP contribution in [0.5, 0.6) is 0 Å². The van der Waals surface area contributed by atoms with E-state index in [9.17, 15) is 9.18 Å². The second kappa shape index (κ2) is 7.17. The zero-order chi connectivity index (χ0) is 17.8. The number of rotatable bonds is 5. The van der Waals surface area contributed by atoms with Gasteiger partial charge >= 0.3 is 0 Å². The fourth-order valence-corrected chi connectivity index (χ4v) is 2.63. The Hall–Kier alpha value is -3.15. The number of fused-ring (bicyclic) bond motifs is 1. The van der Waals surface area contributed by atoms with Gasteiger partial charge in [-0.05, 0) is 55.0 Å². The molecule has 1 aromatic carbocycles. The largest absolute Gasteiger partial charge is 0.384 e. The van der Waals surface area contributed by atoms with Gasteiger partial charge in [0.1, 0.15) is 11.6 Å². The first-order chi connectivity index (χ1) is 12.0. The Morgan fingerprint density at radius 2 is 2.20 bits per heavy atom. The Morgan fingerprint density at radius 1 is 1.36 bits per heavy atom. The Morgan fingerprint density at radius 3 is 2.96 bits per heavy atom. The van der Waals surface area contributed by atoms with Crippen molar-refractivity contribution in [3.05, 3.63) is 65.7 Å². The van der Waals surface area contributed by atoms with Crippen LogP contribution in [0.1, 0.15) is 18.2 Å². The Balaban J connectivity index is 1.58. The molecular formula is C19H19FN4O. The number of nitrogens with zero attached hydrogens (tertiary/aromatic N) is 1. The van der Waals surface area contributed by atoms with Crippen LogP contribution in [-0.2, 0) is 11.2 Å². The summed E-state index contributed by atoms with van der Waals surface area (Å²) in [7, 11) is 0. The first kappa shape index (κ1) is 16.7. The minimum absolute atomic E-state index is 0.0698. The van der Waals surface area contributed by atoms with Gasteiger partial charge in [-0.2, -0.15) is 0 Å². The molecule has 0 fully saturated rings. The third-order valence-corrected chi connectivity index (χ3v) is 3.79. The number of carbonyl (C=O) groups excluding carboxylic acids is 1. The minimum atomic E-state index is -0.262. The summed E-state index contributed by atoms with van der Waals surface area (Å²) < 4.78 is 13.2. The third kappa shape index (κ3) is 4.44. The van der Waals surface area contributed by atoms with Gasteiger partial charge in [0.05, 0.1) is 0 Å². The van der Waals surface area contributed by atoms with E-state index in [-0.39, 0.29) is 17.8 Å². The highest BCUT2D eigenvalue weighted by atomic mass is 19.1. The van der Waals surface area contributed by atoms with Gasteiger partial charge in [0, 0.05) is 41.3 Å². The van der Waals surface area contributed by atoms with Crippen molar-refractivity contribution in [2.24, 2.45) is 0 Å². The summed E-state index contributed by atoms with van der Waals surface area (Å²) in [5, 5.41) is 3.72. The van der Waals surface area contributed by atoms with Gasteiger partial charge in [-0.3, -0.25) is 4.79 Å². The summed E-state index contributed by atoms with van der Waals surface area (Å²) in [5.41, 5.74) is 8.15. The second-order valence-corrected chi connectivity index (χ2v) is 5.99. The van der Waals surface area contributed by atoms with Crippen LogP contribution in [0.4, 0.5) is 10.2 Å². The Bertz CT molecular complexity index is 915. The number of H-pyrrole nitrogens is 1. The number of nitrogens with one attached hydrogen (secondary N) is 2. The molecule has 128 valence electrons. The predicted octanol–water partition coefficient (Wildman–Crippen LogP) is 3.04. The zero-order valence-electron chi connectivity index (χ0n) is 13.8. The van der Waals surface area contributed by atoms with Gasteiger partial charge in [-0.25, -0.2) is 9.37 Å². The molecule has 3 aromatic rings. The number of halogens is 1. The number of anilines is 1. The van der Waals surface area contributed by atoms with E-state index in [1.54, 1.807) is 30.5 Å². The van der Waals surface area contributed by atoms with Crippen molar-refractivity contribution in [3.8, 4) is 0 Å². The molecule has 25 heavy (non-hydrogen) atoms. The van der Waals surface area contributed by atoms with Gasteiger partial charge in [-0.1, -0.05) is 0 Å². The molecule has 0 aliphatic heterocycles. The van der Waals surface area contributed by atoms with E-state index in [0.717, 1.165) is 22.2 Å². The van der Waals surface area contributed by atoms with Crippen LogP contribution >= 0.6 is 0 Å². The van der Waals surface area contributed by atoms with Gasteiger partial charge in [-0.15, -0.1) is 0 Å². The molecule has 0 saturated heterocycles. The number of carbonyl (C=O) groups is 1. The highest BCUT2D eigenvalue weighted by Gasteiger charge is 2.09. The van der Waals surface area contributed by atoms with Crippen LogP contribution < -0.4 is 11.1 Å². The number of amides is 1. The Labute approximate surface area is 144 Å². The molecule has 6 heteroatoms. The number of hydrogen-bond acceptors (Lipinski definition) is 3. The summed E-state index contributed by atoms with van der Waals surface area (Å²) in [6.45, 7) is 1.92. The molecule has 0 spiro atoms. The van der Waals surface area contributed by atoms with E-state index in [4.69, 9.17) is 5.73 Å². The van der Waals surface area contributed by atoms with Crippen LogP contribution in [0.2, 0.25) is 0 Å². The number of pyridine rings is 1. The standard InChI is InChI=1S/C19H19FN4O/c1-12(8-16-10-14-9-15(20)4-5-17(14)24-16)23-19(25)7-3-13-2-6-18(21)22-11-13/h2-7,9-12,24H,8H2,1H3,(H2,21,22)(H,23,25). The molecule has 1 atom stereocenters. The number of benzene rings is 1. The quantitative estimate of drug-likeness (QED) is 0.625. The van der Waals surface area contributed by atoms with Gasteiger partial charge < -0.3 is 16.0 Å². The smallest absolute Gasteiger partial charge is 0.244 e. The molecule has 0 aliphatic carbocycles. The maximum Gasteiger partial charge on any atom is 0.244 e.